The average molecular weight is 318 g/mol. The molecule has 2 N–H and O–H groups in total. The monoisotopic (exact) mass is 317 g/mol. The third-order valence-electron chi connectivity index (χ3n) is 2.46. The minimum absolute atomic E-state index is 0.229. The van der Waals surface area contributed by atoms with Crippen molar-refractivity contribution in [3.05, 3.63) is 33.1 Å². The van der Waals surface area contributed by atoms with Gasteiger partial charge in [0.05, 0.1) is 5.02 Å². The fourth-order valence-corrected chi connectivity index (χ4v) is 3.11. The Hall–Kier alpha value is -1.30. The number of hydrogen-bond donors (Lipinski definition) is 1. The van der Waals surface area contributed by atoms with Gasteiger partial charge in [-0.3, -0.25) is 4.79 Å². The van der Waals surface area contributed by atoms with E-state index in [4.69, 9.17) is 33.7 Å². The Morgan fingerprint density at radius 2 is 2.05 bits per heavy atom. The summed E-state index contributed by atoms with van der Waals surface area (Å²) in [6.45, 7) is 1.40. The van der Waals surface area contributed by atoms with Crippen LogP contribution in [-0.4, -0.2) is 18.0 Å². The van der Waals surface area contributed by atoms with E-state index < -0.39 is 18.0 Å². The fourth-order valence-electron chi connectivity index (χ4n) is 1.44. The van der Waals surface area contributed by atoms with E-state index in [1.54, 1.807) is 18.2 Å². The van der Waals surface area contributed by atoms with Crippen molar-refractivity contribution in [1.82, 2.24) is 0 Å². The Labute approximate surface area is 123 Å². The molecule has 0 fully saturated rings. The highest BCUT2D eigenvalue weighted by atomic mass is 35.5. The van der Waals surface area contributed by atoms with Crippen LogP contribution in [0.15, 0.2) is 18.2 Å². The zero-order valence-corrected chi connectivity index (χ0v) is 12.1. The molecular formula is C12H9Cl2NO3S. The molecule has 1 atom stereocenters. The van der Waals surface area contributed by atoms with E-state index in [0.717, 1.165) is 21.4 Å². The zero-order valence-electron chi connectivity index (χ0n) is 9.78. The summed E-state index contributed by atoms with van der Waals surface area (Å²) < 4.78 is 5.69. The molecule has 100 valence electrons. The van der Waals surface area contributed by atoms with Crippen LogP contribution in [-0.2, 0) is 9.53 Å². The molecule has 1 aromatic carbocycles. The van der Waals surface area contributed by atoms with E-state index in [0.29, 0.717) is 10.0 Å². The summed E-state index contributed by atoms with van der Waals surface area (Å²) in [7, 11) is 0. The minimum atomic E-state index is -1.00. The molecule has 19 heavy (non-hydrogen) atoms. The Bertz CT molecular complexity index is 668. The van der Waals surface area contributed by atoms with Gasteiger partial charge < -0.3 is 10.5 Å². The summed E-state index contributed by atoms with van der Waals surface area (Å²) in [5.41, 5.74) is 5.03. The maximum Gasteiger partial charge on any atom is 0.350 e. The van der Waals surface area contributed by atoms with Gasteiger partial charge in [-0.05, 0) is 19.1 Å². The molecule has 0 radical (unpaired) electrons. The Kier molecular flexibility index (Phi) is 3.99. The van der Waals surface area contributed by atoms with Crippen LogP contribution in [0.1, 0.15) is 16.6 Å². The first-order valence-electron chi connectivity index (χ1n) is 5.28. The summed E-state index contributed by atoms with van der Waals surface area (Å²) in [6.07, 6.45) is -1.00. The molecule has 1 amide bonds. The molecule has 1 aromatic heterocycles. The first-order chi connectivity index (χ1) is 8.90. The summed E-state index contributed by atoms with van der Waals surface area (Å²) in [5.74, 6) is -1.39. The molecule has 7 heteroatoms. The number of esters is 1. The number of halogens is 2. The third kappa shape index (κ3) is 2.83. The second-order valence-corrected chi connectivity index (χ2v) is 5.70. The van der Waals surface area contributed by atoms with Crippen molar-refractivity contribution in [2.75, 3.05) is 0 Å². The van der Waals surface area contributed by atoms with Gasteiger partial charge in [-0.1, -0.05) is 29.3 Å². The van der Waals surface area contributed by atoms with Gasteiger partial charge in [-0.25, -0.2) is 4.79 Å². The number of hydrogen-bond acceptors (Lipinski definition) is 4. The van der Waals surface area contributed by atoms with Crippen LogP contribution in [0.3, 0.4) is 0 Å². The number of benzene rings is 1. The maximum atomic E-state index is 11.9. The topological polar surface area (TPSA) is 69.4 Å². The highest BCUT2D eigenvalue weighted by Crippen LogP contribution is 2.37. The molecule has 2 rings (SSSR count). The largest absolute Gasteiger partial charge is 0.448 e. The first-order valence-corrected chi connectivity index (χ1v) is 6.85. The minimum Gasteiger partial charge on any atom is -0.448 e. The van der Waals surface area contributed by atoms with Gasteiger partial charge in [0.2, 0.25) is 0 Å². The van der Waals surface area contributed by atoms with E-state index in [2.05, 4.69) is 0 Å². The molecule has 0 unspecified atom stereocenters. The maximum absolute atomic E-state index is 11.9. The van der Waals surface area contributed by atoms with Gasteiger partial charge in [0.15, 0.2) is 6.10 Å². The van der Waals surface area contributed by atoms with E-state index in [1.165, 1.54) is 6.92 Å². The van der Waals surface area contributed by atoms with Crippen LogP contribution in [0.5, 0.6) is 0 Å². The number of fused-ring (bicyclic) bond motifs is 1. The SMILES string of the molecule is C[C@@H](OC(=O)c1sc2cc(Cl)ccc2c1Cl)C(N)=O. The molecule has 0 aliphatic rings. The fraction of sp³-hybridized carbons (Fsp3) is 0.167. The zero-order chi connectivity index (χ0) is 14.2. The molecule has 0 saturated heterocycles. The van der Waals surface area contributed by atoms with Gasteiger partial charge in [-0.2, -0.15) is 0 Å². The predicted molar refractivity (Wildman–Crippen MR) is 75.9 cm³/mol. The molecule has 0 saturated carbocycles. The molecule has 0 bridgehead atoms. The Balaban J connectivity index is 2.37. The Morgan fingerprint density at radius 1 is 1.37 bits per heavy atom. The van der Waals surface area contributed by atoms with Crippen LogP contribution < -0.4 is 5.73 Å². The number of rotatable bonds is 3. The summed E-state index contributed by atoms with van der Waals surface area (Å²) in [4.78, 5) is 23.0. The predicted octanol–water partition coefficient (Wildman–Crippen LogP) is 3.24. The molecule has 4 nitrogen and oxygen atoms in total. The number of thiophene rings is 1. The highest BCUT2D eigenvalue weighted by Gasteiger charge is 2.22. The second kappa shape index (κ2) is 5.36. The van der Waals surface area contributed by atoms with Crippen molar-refractivity contribution in [1.29, 1.82) is 0 Å². The van der Waals surface area contributed by atoms with Crippen LogP contribution >= 0.6 is 34.5 Å². The van der Waals surface area contributed by atoms with Gasteiger partial charge in [0.25, 0.3) is 5.91 Å². The van der Waals surface area contributed by atoms with Crippen molar-refractivity contribution in [3.8, 4) is 0 Å². The van der Waals surface area contributed by atoms with Crippen LogP contribution in [0.2, 0.25) is 10.0 Å². The third-order valence-corrected chi connectivity index (χ3v) is 4.33. The van der Waals surface area contributed by atoms with Crippen molar-refractivity contribution in [3.63, 3.8) is 0 Å². The average Bonchev–Trinajstić information content (AvgIpc) is 2.66. The molecule has 0 aliphatic carbocycles. The lowest BCUT2D eigenvalue weighted by Crippen LogP contribution is -2.30. The molecular weight excluding hydrogens is 309 g/mol. The van der Waals surface area contributed by atoms with Gasteiger partial charge >= 0.3 is 5.97 Å². The lowest BCUT2D eigenvalue weighted by molar-refractivity contribution is -0.125. The standard InChI is InChI=1S/C12H9Cl2NO3S/c1-5(11(15)16)18-12(17)10-9(14)7-3-2-6(13)4-8(7)19-10/h2-5H,1H3,(H2,15,16)/t5-/m1/s1. The lowest BCUT2D eigenvalue weighted by atomic mass is 10.2. The summed E-state index contributed by atoms with van der Waals surface area (Å²) in [5, 5.41) is 1.56. The van der Waals surface area contributed by atoms with Gasteiger partial charge in [-0.15, -0.1) is 11.3 Å². The van der Waals surface area contributed by atoms with Crippen LogP contribution in [0, 0.1) is 0 Å². The summed E-state index contributed by atoms with van der Waals surface area (Å²) >= 11 is 13.1. The van der Waals surface area contributed by atoms with Crippen LogP contribution in [0.25, 0.3) is 10.1 Å². The smallest absolute Gasteiger partial charge is 0.350 e. The van der Waals surface area contributed by atoms with E-state index >= 15 is 0 Å². The van der Waals surface area contributed by atoms with Gasteiger partial charge in [0, 0.05) is 15.1 Å². The number of ether oxygens (including phenoxy) is 1. The molecule has 0 spiro atoms. The first kappa shape index (κ1) is 14.1. The normalized spacial score (nSPS) is 12.4. The van der Waals surface area contributed by atoms with Crippen molar-refractivity contribution < 1.29 is 14.3 Å². The molecule has 2 aromatic rings. The van der Waals surface area contributed by atoms with Crippen LogP contribution in [0.4, 0.5) is 0 Å². The molecule has 1 heterocycles. The lowest BCUT2D eigenvalue weighted by Gasteiger charge is -2.08. The van der Waals surface area contributed by atoms with E-state index in [1.807, 2.05) is 0 Å². The summed E-state index contributed by atoms with van der Waals surface area (Å²) in [6, 6.07) is 5.12. The second-order valence-electron chi connectivity index (χ2n) is 3.84. The number of primary amides is 1. The Morgan fingerprint density at radius 3 is 2.68 bits per heavy atom. The molecule has 0 aliphatic heterocycles. The number of carbonyl (C=O) groups excluding carboxylic acids is 2. The number of nitrogens with two attached hydrogens (primary N) is 1. The van der Waals surface area contributed by atoms with Crippen molar-refractivity contribution >= 4 is 56.5 Å². The van der Waals surface area contributed by atoms with Crippen molar-refractivity contribution in [2.24, 2.45) is 5.73 Å². The van der Waals surface area contributed by atoms with E-state index in [-0.39, 0.29) is 4.88 Å². The van der Waals surface area contributed by atoms with Gasteiger partial charge in [0.1, 0.15) is 4.88 Å². The number of amides is 1. The quantitative estimate of drug-likeness (QED) is 0.883. The number of carbonyl (C=O) groups is 2. The highest BCUT2D eigenvalue weighted by molar-refractivity contribution is 7.21. The van der Waals surface area contributed by atoms with E-state index in [9.17, 15) is 9.59 Å². The van der Waals surface area contributed by atoms with Crippen molar-refractivity contribution in [2.45, 2.75) is 13.0 Å².